The molecule has 1 aromatic rings. The molecule has 0 heterocycles. The van der Waals surface area contributed by atoms with Crippen LogP contribution in [-0.2, 0) is 10.2 Å². The summed E-state index contributed by atoms with van der Waals surface area (Å²) in [6.07, 6.45) is 1.53. The summed E-state index contributed by atoms with van der Waals surface area (Å²) in [7, 11) is 0. The van der Waals surface area contributed by atoms with Gasteiger partial charge in [0.15, 0.2) is 0 Å². The molecule has 0 atom stereocenters. The average Bonchev–Trinajstić information content (AvgIpc) is 2.02. The third kappa shape index (κ3) is 2.22. The molecule has 0 unspecified atom stereocenters. The molecule has 0 aliphatic carbocycles. The molecule has 0 aromatic heterocycles. The van der Waals surface area contributed by atoms with Gasteiger partial charge in [-0.2, -0.15) is 0 Å². The lowest BCUT2D eigenvalue weighted by atomic mass is 9.79. The van der Waals surface area contributed by atoms with E-state index in [1.807, 2.05) is 6.07 Å². The summed E-state index contributed by atoms with van der Waals surface area (Å²) in [5.41, 5.74) is 3.49. The number of carbonyl (C=O) groups excluding carboxylic acids is 1. The molecule has 1 rings (SSSR count). The lowest BCUT2D eigenvalue weighted by molar-refractivity contribution is -0.108. The van der Waals surface area contributed by atoms with Crippen LogP contribution in [0, 0.1) is 19.9 Å². The van der Waals surface area contributed by atoms with Crippen molar-refractivity contribution < 1.29 is 4.79 Å². The first-order chi connectivity index (χ1) is 6.47. The van der Waals surface area contributed by atoms with Crippen molar-refractivity contribution in [3.63, 3.8) is 0 Å². The smallest absolute Gasteiger partial charge is 0.120 e. The quantitative estimate of drug-likeness (QED) is 0.668. The molecule has 0 aliphatic heterocycles. The van der Waals surface area contributed by atoms with Gasteiger partial charge in [-0.05, 0) is 36.5 Å². The number of hydrogen-bond donors (Lipinski definition) is 0. The van der Waals surface area contributed by atoms with Crippen molar-refractivity contribution in [3.8, 4) is 0 Å². The highest BCUT2D eigenvalue weighted by Gasteiger charge is 2.21. The highest BCUT2D eigenvalue weighted by molar-refractivity contribution is 5.53. The molecular weight excluding hydrogens is 172 g/mol. The van der Waals surface area contributed by atoms with E-state index in [4.69, 9.17) is 0 Å². The Balaban J connectivity index is 3.12. The van der Waals surface area contributed by atoms with Crippen LogP contribution >= 0.6 is 0 Å². The van der Waals surface area contributed by atoms with Crippen LogP contribution in [0.5, 0.6) is 0 Å². The van der Waals surface area contributed by atoms with Crippen LogP contribution in [0.3, 0.4) is 0 Å². The van der Waals surface area contributed by atoms with E-state index >= 15 is 0 Å². The van der Waals surface area contributed by atoms with Crippen molar-refractivity contribution in [2.24, 2.45) is 0 Å². The van der Waals surface area contributed by atoms with E-state index in [0.717, 1.165) is 11.8 Å². The Morgan fingerprint density at radius 1 is 1.43 bits per heavy atom. The molecule has 0 saturated carbocycles. The summed E-state index contributed by atoms with van der Waals surface area (Å²) in [5.74, 6) is 0. The summed E-state index contributed by atoms with van der Waals surface area (Å²) in [4.78, 5) is 10.6. The van der Waals surface area contributed by atoms with Crippen molar-refractivity contribution >= 4 is 6.29 Å². The first-order valence-electron chi connectivity index (χ1n) is 4.90. The van der Waals surface area contributed by atoms with Crippen LogP contribution in [0.4, 0.5) is 0 Å². The average molecular weight is 189 g/mol. The van der Waals surface area contributed by atoms with E-state index in [1.165, 1.54) is 11.1 Å². The van der Waals surface area contributed by atoms with Gasteiger partial charge >= 0.3 is 0 Å². The minimum absolute atomic E-state index is 0.0977. The third-order valence-electron chi connectivity index (χ3n) is 2.55. The maximum absolute atomic E-state index is 10.6. The van der Waals surface area contributed by atoms with E-state index in [2.05, 4.69) is 39.8 Å². The second-order valence-electron chi connectivity index (χ2n) is 4.49. The van der Waals surface area contributed by atoms with Crippen molar-refractivity contribution in [1.82, 2.24) is 0 Å². The van der Waals surface area contributed by atoms with Crippen molar-refractivity contribution in [3.05, 3.63) is 34.9 Å². The Hall–Kier alpha value is -1.11. The fourth-order valence-corrected chi connectivity index (χ4v) is 1.79. The third-order valence-corrected chi connectivity index (χ3v) is 2.55. The number of benzene rings is 1. The predicted octanol–water partition coefficient (Wildman–Crippen LogP) is 2.97. The largest absolute Gasteiger partial charge is 0.303 e. The molecule has 1 nitrogen and oxygen atoms in total. The van der Waals surface area contributed by atoms with E-state index in [9.17, 15) is 4.79 Å². The molecule has 1 heteroatoms. The maximum Gasteiger partial charge on any atom is 0.120 e. The van der Waals surface area contributed by atoms with Crippen LogP contribution in [0.1, 0.15) is 37.0 Å². The molecule has 0 bridgehead atoms. The first kappa shape index (κ1) is 11.0. The van der Waals surface area contributed by atoms with Gasteiger partial charge in [0.1, 0.15) is 6.29 Å². The summed E-state index contributed by atoms with van der Waals surface area (Å²) >= 11 is 0. The predicted molar refractivity (Wildman–Crippen MR) is 58.5 cm³/mol. The van der Waals surface area contributed by atoms with Gasteiger partial charge in [0.2, 0.25) is 0 Å². The molecule has 0 aliphatic rings. The van der Waals surface area contributed by atoms with Crippen molar-refractivity contribution in [2.45, 2.75) is 39.5 Å². The van der Waals surface area contributed by atoms with Gasteiger partial charge in [0, 0.05) is 6.42 Å². The van der Waals surface area contributed by atoms with Gasteiger partial charge in [-0.3, -0.25) is 0 Å². The summed E-state index contributed by atoms with van der Waals surface area (Å²) in [6, 6.07) is 7.39. The van der Waals surface area contributed by atoms with Crippen LogP contribution in [0.2, 0.25) is 0 Å². The van der Waals surface area contributed by atoms with Gasteiger partial charge in [-0.15, -0.1) is 0 Å². The first-order valence-corrected chi connectivity index (χ1v) is 4.90. The van der Waals surface area contributed by atoms with E-state index in [1.54, 1.807) is 0 Å². The molecule has 0 N–H and O–H groups in total. The van der Waals surface area contributed by atoms with Gasteiger partial charge in [-0.1, -0.05) is 31.5 Å². The number of hydrogen-bond acceptors (Lipinski definition) is 1. The van der Waals surface area contributed by atoms with Crippen LogP contribution in [0.15, 0.2) is 12.1 Å². The fraction of sp³-hybridized carbons (Fsp3) is 0.462. The second-order valence-corrected chi connectivity index (χ2v) is 4.49. The zero-order valence-corrected chi connectivity index (χ0v) is 9.35. The Bertz CT molecular complexity index is 337. The molecule has 0 saturated heterocycles. The Labute approximate surface area is 86.1 Å². The van der Waals surface area contributed by atoms with Gasteiger partial charge in [0.05, 0.1) is 0 Å². The molecule has 0 spiro atoms. The van der Waals surface area contributed by atoms with Crippen molar-refractivity contribution in [1.29, 1.82) is 0 Å². The number of aldehydes is 1. The van der Waals surface area contributed by atoms with Gasteiger partial charge < -0.3 is 4.79 Å². The second kappa shape index (κ2) is 3.95. The Morgan fingerprint density at radius 2 is 2.07 bits per heavy atom. The standard InChI is InChI=1S/C13H17O/c1-10-5-6-12(11(2)9-10)13(3,4)7-8-14/h5,8-9H,7H2,1-4H3. The Morgan fingerprint density at radius 3 is 2.57 bits per heavy atom. The minimum Gasteiger partial charge on any atom is -0.303 e. The highest BCUT2D eigenvalue weighted by Crippen LogP contribution is 2.28. The zero-order chi connectivity index (χ0) is 10.8. The number of aryl methyl sites for hydroxylation is 2. The molecule has 0 amide bonds. The number of rotatable bonds is 3. The van der Waals surface area contributed by atoms with E-state index in [0.29, 0.717) is 6.42 Å². The lowest BCUT2D eigenvalue weighted by Crippen LogP contribution is -2.19. The molecule has 1 aromatic carbocycles. The fourth-order valence-electron chi connectivity index (χ4n) is 1.79. The molecule has 14 heavy (non-hydrogen) atoms. The molecular formula is C13H17O. The van der Waals surface area contributed by atoms with Crippen LogP contribution < -0.4 is 0 Å². The lowest BCUT2D eigenvalue weighted by Gasteiger charge is -2.24. The maximum atomic E-state index is 10.6. The van der Waals surface area contributed by atoms with Gasteiger partial charge in [0.25, 0.3) is 0 Å². The molecule has 1 radical (unpaired) electrons. The number of carbonyl (C=O) groups is 1. The molecule has 0 fully saturated rings. The normalized spacial score (nSPS) is 11.4. The van der Waals surface area contributed by atoms with Gasteiger partial charge in [-0.25, -0.2) is 0 Å². The molecule has 75 valence electrons. The van der Waals surface area contributed by atoms with Crippen molar-refractivity contribution in [2.75, 3.05) is 0 Å². The summed E-state index contributed by atoms with van der Waals surface area (Å²) in [6.45, 7) is 8.29. The highest BCUT2D eigenvalue weighted by atomic mass is 16.1. The van der Waals surface area contributed by atoms with Crippen LogP contribution in [0.25, 0.3) is 0 Å². The summed E-state index contributed by atoms with van der Waals surface area (Å²) in [5, 5.41) is 0. The Kier molecular flexibility index (Phi) is 3.10. The SMILES string of the molecule is Cc1c[c]c(C(C)(C)CC=O)c(C)c1. The van der Waals surface area contributed by atoms with E-state index in [-0.39, 0.29) is 5.41 Å². The van der Waals surface area contributed by atoms with Crippen LogP contribution in [-0.4, -0.2) is 6.29 Å². The van der Waals surface area contributed by atoms with E-state index < -0.39 is 0 Å². The zero-order valence-electron chi connectivity index (χ0n) is 9.35. The minimum atomic E-state index is -0.0977. The summed E-state index contributed by atoms with van der Waals surface area (Å²) < 4.78 is 0. The monoisotopic (exact) mass is 189 g/mol. The topological polar surface area (TPSA) is 17.1 Å².